The van der Waals surface area contributed by atoms with Crippen LogP contribution in [0.5, 0.6) is 0 Å². The number of nitrogens with zero attached hydrogens (tertiary/aromatic N) is 1. The van der Waals surface area contributed by atoms with Crippen LogP contribution in [-0.4, -0.2) is 25.5 Å². The van der Waals surface area contributed by atoms with Crippen molar-refractivity contribution in [1.82, 2.24) is 4.90 Å². The maximum absolute atomic E-state index is 5.13. The minimum Gasteiger partial charge on any atom is -0.309 e. The minimum absolute atomic E-state index is 0.979. The molecule has 0 saturated carbocycles. The Labute approximate surface area is 45.6 Å². The molecule has 0 fully saturated rings. The lowest BCUT2D eigenvalue weighted by atomic mass is 10.4. The first-order valence-electron chi connectivity index (χ1n) is 2.45. The third-order valence-corrected chi connectivity index (χ3v) is 0.743. The quantitative estimate of drug-likeness (QED) is 0.507. The van der Waals surface area contributed by atoms with Crippen LogP contribution in [0.1, 0.15) is 6.42 Å². The molecule has 0 aromatic carbocycles. The first-order chi connectivity index (χ1) is 3.27. The molecule has 0 heterocycles. The highest BCUT2D eigenvalue weighted by molar-refractivity contribution is 4.62. The smallest absolute Gasteiger partial charge is 0.000991 e. The molecule has 0 bridgehead atoms. The van der Waals surface area contributed by atoms with E-state index in [0.29, 0.717) is 0 Å². The summed E-state index contributed by atoms with van der Waals surface area (Å²) in [5.74, 6) is 0. The molecule has 1 radical (unpaired) electrons. The van der Waals surface area contributed by atoms with Gasteiger partial charge in [-0.15, -0.1) is 0 Å². The molecule has 41 valence electrons. The second kappa shape index (κ2) is 3.88. The van der Waals surface area contributed by atoms with E-state index in [1.807, 2.05) is 14.1 Å². The van der Waals surface area contributed by atoms with Crippen LogP contribution in [0.25, 0.3) is 0 Å². The Morgan fingerprint density at radius 1 is 1.57 bits per heavy atom. The number of hydrogen-bond acceptors (Lipinski definition) is 1. The van der Waals surface area contributed by atoms with E-state index in [2.05, 4.69) is 4.90 Å². The minimum atomic E-state index is 0.979. The van der Waals surface area contributed by atoms with Crippen molar-refractivity contribution in [2.24, 2.45) is 0 Å². The van der Waals surface area contributed by atoms with Gasteiger partial charge >= 0.3 is 0 Å². The molecule has 0 aliphatic rings. The Kier molecular flexibility index (Phi) is 3.71. The van der Waals surface area contributed by atoms with E-state index in [1.54, 1.807) is 6.08 Å². The molecule has 0 aliphatic heterocycles. The topological polar surface area (TPSA) is 3.24 Å². The molecule has 0 spiro atoms. The van der Waals surface area contributed by atoms with Crippen LogP contribution in [0.4, 0.5) is 0 Å². The second-order valence-electron chi connectivity index (χ2n) is 1.83. The fourth-order valence-corrected chi connectivity index (χ4v) is 0.333. The highest BCUT2D eigenvalue weighted by Crippen LogP contribution is 1.80. The molecular weight excluding hydrogens is 86.1 g/mol. The molecule has 0 unspecified atom stereocenters. The molecule has 0 aliphatic carbocycles. The van der Waals surface area contributed by atoms with E-state index in [9.17, 15) is 0 Å². The van der Waals surface area contributed by atoms with E-state index in [-0.39, 0.29) is 0 Å². The largest absolute Gasteiger partial charge is 0.309 e. The van der Waals surface area contributed by atoms with Gasteiger partial charge in [-0.25, -0.2) is 0 Å². The lowest BCUT2D eigenvalue weighted by molar-refractivity contribution is 0.417. The lowest BCUT2D eigenvalue weighted by Gasteiger charge is -2.04. The zero-order chi connectivity index (χ0) is 5.70. The monoisotopic (exact) mass is 98.1 g/mol. The molecule has 1 heteroatoms. The summed E-state index contributed by atoms with van der Waals surface area (Å²) >= 11 is 0. The molecule has 0 amide bonds. The summed E-state index contributed by atoms with van der Waals surface area (Å²) in [6.07, 6.45) is 2.66. The van der Waals surface area contributed by atoms with Crippen LogP contribution in [0, 0.1) is 6.58 Å². The second-order valence-corrected chi connectivity index (χ2v) is 1.83. The van der Waals surface area contributed by atoms with Gasteiger partial charge in [0, 0.05) is 6.54 Å². The fourth-order valence-electron chi connectivity index (χ4n) is 0.333. The summed E-state index contributed by atoms with van der Waals surface area (Å²) in [6, 6.07) is 0. The van der Waals surface area contributed by atoms with Crippen molar-refractivity contribution in [2.75, 3.05) is 20.6 Å². The predicted octanol–water partition coefficient (Wildman–Crippen LogP) is 0.927. The maximum atomic E-state index is 5.13. The summed E-state index contributed by atoms with van der Waals surface area (Å²) in [5.41, 5.74) is 0. The molecular formula is C6H12N. The van der Waals surface area contributed by atoms with Crippen molar-refractivity contribution < 1.29 is 0 Å². The summed E-state index contributed by atoms with van der Waals surface area (Å²) in [7, 11) is 4.06. The Bertz CT molecular complexity index is 48.1. The van der Waals surface area contributed by atoms with Crippen LogP contribution in [0.3, 0.4) is 0 Å². The third kappa shape index (κ3) is 5.70. The highest BCUT2D eigenvalue weighted by atomic mass is 15.0. The first kappa shape index (κ1) is 6.70. The van der Waals surface area contributed by atoms with Gasteiger partial charge in [-0.05, 0) is 20.5 Å². The molecule has 1 nitrogen and oxygen atoms in total. The average molecular weight is 98.2 g/mol. The molecule has 0 aromatic heterocycles. The summed E-state index contributed by atoms with van der Waals surface area (Å²) in [5, 5.41) is 0. The van der Waals surface area contributed by atoms with Gasteiger partial charge < -0.3 is 4.90 Å². The molecule has 0 rings (SSSR count). The SMILES string of the molecule is [CH]=CCCN(C)C. The van der Waals surface area contributed by atoms with Gasteiger partial charge in [-0.3, -0.25) is 0 Å². The normalized spacial score (nSPS) is 9.57. The van der Waals surface area contributed by atoms with E-state index in [0.717, 1.165) is 13.0 Å². The van der Waals surface area contributed by atoms with Crippen molar-refractivity contribution in [3.8, 4) is 0 Å². The van der Waals surface area contributed by atoms with Crippen LogP contribution < -0.4 is 0 Å². The zero-order valence-electron chi connectivity index (χ0n) is 5.02. The third-order valence-electron chi connectivity index (χ3n) is 0.743. The fraction of sp³-hybridized carbons (Fsp3) is 0.667. The summed E-state index contributed by atoms with van der Waals surface area (Å²) < 4.78 is 0. The number of hydrogen-bond donors (Lipinski definition) is 0. The van der Waals surface area contributed by atoms with Gasteiger partial charge in [0.2, 0.25) is 0 Å². The van der Waals surface area contributed by atoms with Gasteiger partial charge in [0.15, 0.2) is 0 Å². The molecule has 0 atom stereocenters. The van der Waals surface area contributed by atoms with Crippen molar-refractivity contribution in [1.29, 1.82) is 0 Å². The van der Waals surface area contributed by atoms with Gasteiger partial charge in [0.05, 0.1) is 0 Å². The Hall–Kier alpha value is -0.300. The van der Waals surface area contributed by atoms with Gasteiger partial charge in [0.1, 0.15) is 0 Å². The standard InChI is InChI=1S/C6H12N/c1-4-5-6-7(2)3/h1,4H,5-6H2,2-3H3. The maximum Gasteiger partial charge on any atom is 0.000991 e. The van der Waals surface area contributed by atoms with Crippen LogP contribution >= 0.6 is 0 Å². The summed E-state index contributed by atoms with van der Waals surface area (Å²) in [4.78, 5) is 2.10. The van der Waals surface area contributed by atoms with Crippen molar-refractivity contribution in [2.45, 2.75) is 6.42 Å². The van der Waals surface area contributed by atoms with Crippen molar-refractivity contribution >= 4 is 0 Å². The van der Waals surface area contributed by atoms with Crippen LogP contribution in [-0.2, 0) is 0 Å². The molecule has 0 saturated heterocycles. The van der Waals surface area contributed by atoms with Crippen molar-refractivity contribution in [3.63, 3.8) is 0 Å². The van der Waals surface area contributed by atoms with Gasteiger partial charge in [0.25, 0.3) is 0 Å². The zero-order valence-corrected chi connectivity index (χ0v) is 5.02. The van der Waals surface area contributed by atoms with E-state index in [4.69, 9.17) is 6.58 Å². The Morgan fingerprint density at radius 2 is 2.14 bits per heavy atom. The molecule has 7 heavy (non-hydrogen) atoms. The van der Waals surface area contributed by atoms with Gasteiger partial charge in [-0.2, -0.15) is 0 Å². The average Bonchev–Trinajstić information content (AvgIpc) is 1.61. The Morgan fingerprint density at radius 3 is 2.29 bits per heavy atom. The highest BCUT2D eigenvalue weighted by Gasteiger charge is 1.81. The first-order valence-corrected chi connectivity index (χ1v) is 2.45. The van der Waals surface area contributed by atoms with Crippen LogP contribution in [0.2, 0.25) is 0 Å². The Balaban J connectivity index is 2.81. The number of rotatable bonds is 3. The molecule has 0 N–H and O–H groups in total. The molecule has 0 aromatic rings. The summed E-state index contributed by atoms with van der Waals surface area (Å²) in [6.45, 7) is 6.18. The van der Waals surface area contributed by atoms with Crippen molar-refractivity contribution in [3.05, 3.63) is 12.7 Å². The lowest BCUT2D eigenvalue weighted by Crippen LogP contribution is -2.11. The van der Waals surface area contributed by atoms with E-state index < -0.39 is 0 Å². The van der Waals surface area contributed by atoms with E-state index >= 15 is 0 Å². The van der Waals surface area contributed by atoms with Crippen LogP contribution in [0.15, 0.2) is 6.08 Å². The predicted molar refractivity (Wildman–Crippen MR) is 32.0 cm³/mol. The van der Waals surface area contributed by atoms with E-state index in [1.165, 1.54) is 0 Å². The van der Waals surface area contributed by atoms with Gasteiger partial charge in [-0.1, -0.05) is 12.7 Å².